The number of hydrogen-bond acceptors (Lipinski definition) is 3. The molecule has 9 heavy (non-hydrogen) atoms. The molecule has 3 N–H and O–H groups in total. The molecule has 0 unspecified atom stereocenters. The highest BCUT2D eigenvalue weighted by molar-refractivity contribution is 4.55. The van der Waals surface area contributed by atoms with E-state index in [1.807, 2.05) is 0 Å². The zero-order valence-corrected chi connectivity index (χ0v) is 6.55. The lowest BCUT2D eigenvalue weighted by Gasteiger charge is -2.10. The van der Waals surface area contributed by atoms with Crippen LogP contribution in [-0.4, -0.2) is 22.6 Å². The van der Waals surface area contributed by atoms with Crippen LogP contribution in [0.1, 0.15) is 27.7 Å². The Balaban J connectivity index is 0. The van der Waals surface area contributed by atoms with Crippen molar-refractivity contribution in [3.05, 3.63) is 0 Å². The van der Waals surface area contributed by atoms with Crippen molar-refractivity contribution in [1.82, 2.24) is 5.32 Å². The van der Waals surface area contributed by atoms with Crippen molar-refractivity contribution < 1.29 is 10.5 Å². The maximum absolute atomic E-state index is 6.00. The number of nitrogens with one attached hydrogen (secondary N) is 1. The molecule has 0 bridgehead atoms. The van der Waals surface area contributed by atoms with Crippen LogP contribution < -0.4 is 5.32 Å². The van der Waals surface area contributed by atoms with Gasteiger partial charge in [0.05, 0.1) is 0 Å². The molecular formula is C6H17NO2. The predicted molar refractivity (Wildman–Crippen MR) is 38.7 cm³/mol. The first-order chi connectivity index (χ1) is 4.13. The molecule has 0 aliphatic rings. The van der Waals surface area contributed by atoms with Gasteiger partial charge in [0.25, 0.3) is 0 Å². The van der Waals surface area contributed by atoms with E-state index in [0.717, 1.165) is 0 Å². The Kier molecular flexibility index (Phi) is 10.2. The Labute approximate surface area is 56.6 Å². The Morgan fingerprint density at radius 3 is 1.11 bits per heavy atom. The lowest BCUT2D eigenvalue weighted by Crippen LogP contribution is -2.29. The molecule has 0 aliphatic heterocycles. The summed E-state index contributed by atoms with van der Waals surface area (Å²) in [5, 5.41) is 15.3. The zero-order chi connectivity index (χ0) is 7.86. The van der Waals surface area contributed by atoms with Gasteiger partial charge in [0.15, 0.2) is 0 Å². The molecule has 0 fully saturated rings. The highest BCUT2D eigenvalue weighted by Gasteiger charge is 1.92. The van der Waals surface area contributed by atoms with E-state index in [0.29, 0.717) is 12.1 Å². The maximum atomic E-state index is 6.00. The Morgan fingerprint density at radius 2 is 1.11 bits per heavy atom. The molecule has 0 aromatic rings. The summed E-state index contributed by atoms with van der Waals surface area (Å²) >= 11 is 0. The highest BCUT2D eigenvalue weighted by atomic mass is 17.0. The van der Waals surface area contributed by atoms with Gasteiger partial charge in [-0.1, -0.05) is 27.7 Å². The van der Waals surface area contributed by atoms with Crippen molar-refractivity contribution in [3.8, 4) is 0 Å². The molecule has 58 valence electrons. The number of hydrogen-bond donors (Lipinski definition) is 3. The van der Waals surface area contributed by atoms with Crippen LogP contribution in [0.25, 0.3) is 0 Å². The van der Waals surface area contributed by atoms with E-state index in [9.17, 15) is 0 Å². The summed E-state index contributed by atoms with van der Waals surface area (Å²) in [4.78, 5) is 0. The van der Waals surface area contributed by atoms with Gasteiger partial charge in [0.2, 0.25) is 0 Å². The lowest BCUT2D eigenvalue weighted by molar-refractivity contribution is -0.176. The van der Waals surface area contributed by atoms with Gasteiger partial charge in [-0.2, -0.15) is 0 Å². The average Bonchev–Trinajstić information content (AvgIpc) is 1.68. The molecular weight excluding hydrogens is 118 g/mol. The molecule has 3 nitrogen and oxygen atoms in total. The van der Waals surface area contributed by atoms with E-state index in [-0.39, 0.29) is 0 Å². The standard InChI is InChI=1S/C6H15N.H2O2/c1-5(2)7-6(3)4;1-2/h5-7H,1-4H3;1-2H. The smallest absolute Gasteiger partial charge is 0.00127 e. The van der Waals surface area contributed by atoms with E-state index in [2.05, 4.69) is 33.0 Å². The summed E-state index contributed by atoms with van der Waals surface area (Å²) in [6.45, 7) is 8.61. The van der Waals surface area contributed by atoms with Gasteiger partial charge < -0.3 is 5.32 Å². The van der Waals surface area contributed by atoms with Crippen molar-refractivity contribution in [1.29, 1.82) is 0 Å². The third kappa shape index (κ3) is 18.1. The van der Waals surface area contributed by atoms with Gasteiger partial charge in [-0.25, -0.2) is 0 Å². The van der Waals surface area contributed by atoms with Crippen LogP contribution in [-0.2, 0) is 0 Å². The Bertz CT molecular complexity index is 40.3. The van der Waals surface area contributed by atoms with Crippen molar-refractivity contribution in [2.75, 3.05) is 0 Å². The molecule has 3 heteroatoms. The minimum atomic E-state index is 0.625. The summed E-state index contributed by atoms with van der Waals surface area (Å²) in [6.07, 6.45) is 0. The van der Waals surface area contributed by atoms with E-state index in [1.165, 1.54) is 0 Å². The molecule has 0 saturated heterocycles. The predicted octanol–water partition coefficient (Wildman–Crippen LogP) is 1.41. The average molecular weight is 135 g/mol. The van der Waals surface area contributed by atoms with Gasteiger partial charge in [-0.15, -0.1) is 0 Å². The number of rotatable bonds is 2. The van der Waals surface area contributed by atoms with E-state index >= 15 is 0 Å². The topological polar surface area (TPSA) is 52.5 Å². The molecule has 0 aromatic carbocycles. The van der Waals surface area contributed by atoms with Crippen LogP contribution >= 0.6 is 0 Å². The molecule has 0 spiro atoms. The largest absolute Gasteiger partial charge is 0.312 e. The minimum Gasteiger partial charge on any atom is -0.312 e. The first kappa shape index (κ1) is 11.6. The van der Waals surface area contributed by atoms with Crippen molar-refractivity contribution in [2.24, 2.45) is 0 Å². The summed E-state index contributed by atoms with van der Waals surface area (Å²) in [5.41, 5.74) is 0. The van der Waals surface area contributed by atoms with E-state index in [4.69, 9.17) is 10.5 Å². The van der Waals surface area contributed by atoms with E-state index in [1.54, 1.807) is 0 Å². The molecule has 0 atom stereocenters. The van der Waals surface area contributed by atoms with E-state index < -0.39 is 0 Å². The summed E-state index contributed by atoms with van der Waals surface area (Å²) in [5.74, 6) is 0. The maximum Gasteiger partial charge on any atom is 0.00127 e. The molecule has 0 heterocycles. The molecule has 0 radical (unpaired) electrons. The van der Waals surface area contributed by atoms with Gasteiger partial charge in [0, 0.05) is 12.1 Å². The summed E-state index contributed by atoms with van der Waals surface area (Å²) in [7, 11) is 0. The SMILES string of the molecule is CC(C)NC(C)C.OO. The van der Waals surface area contributed by atoms with Crippen LogP contribution in [0.2, 0.25) is 0 Å². The van der Waals surface area contributed by atoms with Gasteiger partial charge in [0.1, 0.15) is 0 Å². The van der Waals surface area contributed by atoms with Crippen molar-refractivity contribution in [3.63, 3.8) is 0 Å². The normalized spacial score (nSPS) is 9.33. The molecule has 0 saturated carbocycles. The van der Waals surface area contributed by atoms with Crippen LogP contribution in [0.3, 0.4) is 0 Å². The second kappa shape index (κ2) is 7.88. The fourth-order valence-corrected chi connectivity index (χ4v) is 0.667. The van der Waals surface area contributed by atoms with Crippen LogP contribution in [0, 0.1) is 0 Å². The molecule has 0 amide bonds. The second-order valence-electron chi connectivity index (χ2n) is 2.48. The Morgan fingerprint density at radius 1 is 0.889 bits per heavy atom. The molecule has 0 rings (SSSR count). The first-order valence-electron chi connectivity index (χ1n) is 3.09. The van der Waals surface area contributed by atoms with Gasteiger partial charge in [-0.05, 0) is 0 Å². The van der Waals surface area contributed by atoms with Crippen molar-refractivity contribution >= 4 is 0 Å². The second-order valence-corrected chi connectivity index (χ2v) is 2.48. The lowest BCUT2D eigenvalue weighted by atomic mass is 10.3. The summed E-state index contributed by atoms with van der Waals surface area (Å²) in [6, 6.07) is 1.25. The quantitative estimate of drug-likeness (QED) is 0.396. The zero-order valence-electron chi connectivity index (χ0n) is 6.55. The fraction of sp³-hybridized carbons (Fsp3) is 1.00. The van der Waals surface area contributed by atoms with Gasteiger partial charge >= 0.3 is 0 Å². The first-order valence-corrected chi connectivity index (χ1v) is 3.09. The third-order valence-electron chi connectivity index (χ3n) is 0.667. The monoisotopic (exact) mass is 135 g/mol. The van der Waals surface area contributed by atoms with Gasteiger partial charge in [-0.3, -0.25) is 10.5 Å². The van der Waals surface area contributed by atoms with Crippen LogP contribution in [0.15, 0.2) is 0 Å². The van der Waals surface area contributed by atoms with Crippen molar-refractivity contribution in [2.45, 2.75) is 39.8 Å². The fourth-order valence-electron chi connectivity index (χ4n) is 0.667. The van der Waals surface area contributed by atoms with Crippen LogP contribution in [0.5, 0.6) is 0 Å². The molecule has 0 aromatic heterocycles. The Hall–Kier alpha value is -0.120. The highest BCUT2D eigenvalue weighted by Crippen LogP contribution is 1.80. The summed E-state index contributed by atoms with van der Waals surface area (Å²) < 4.78 is 0. The third-order valence-corrected chi connectivity index (χ3v) is 0.667. The molecule has 0 aliphatic carbocycles. The minimum absolute atomic E-state index is 0.625. The van der Waals surface area contributed by atoms with Crippen LogP contribution in [0.4, 0.5) is 0 Å².